The minimum absolute atomic E-state index is 0.577. The van der Waals surface area contributed by atoms with E-state index in [0.29, 0.717) is 6.04 Å². The number of aryl methyl sites for hydroxylation is 1. The smallest absolute Gasteiger partial charge is 0.122 e. The minimum atomic E-state index is 0.577. The second kappa shape index (κ2) is 6.90. The maximum atomic E-state index is 5.29. The van der Waals surface area contributed by atoms with Crippen molar-refractivity contribution in [1.82, 2.24) is 10.3 Å². The molecule has 1 aromatic heterocycles. The zero-order valence-corrected chi connectivity index (χ0v) is 12.4. The van der Waals surface area contributed by atoms with Gasteiger partial charge in [0.1, 0.15) is 5.75 Å². The number of aromatic nitrogens is 1. The van der Waals surface area contributed by atoms with Crippen LogP contribution < -0.4 is 10.1 Å². The SMILES string of the molecule is COc1cc(C)nc(CN[C@H](C)C2CCCCC2)c1. The lowest BCUT2D eigenvalue weighted by Gasteiger charge is -2.28. The summed E-state index contributed by atoms with van der Waals surface area (Å²) in [5, 5.41) is 3.63. The summed E-state index contributed by atoms with van der Waals surface area (Å²) >= 11 is 0. The Bertz CT molecular complexity index is 400. The molecule has 1 aliphatic carbocycles. The third-order valence-electron chi connectivity index (χ3n) is 4.18. The molecule has 1 atom stereocenters. The maximum Gasteiger partial charge on any atom is 0.122 e. The van der Waals surface area contributed by atoms with Crippen LogP contribution in [0.3, 0.4) is 0 Å². The lowest BCUT2D eigenvalue weighted by atomic mass is 9.84. The van der Waals surface area contributed by atoms with Gasteiger partial charge in [-0.3, -0.25) is 4.98 Å². The molecule has 0 spiro atoms. The van der Waals surface area contributed by atoms with Crippen molar-refractivity contribution in [3.63, 3.8) is 0 Å². The zero-order chi connectivity index (χ0) is 13.7. The molecule has 1 heterocycles. The maximum absolute atomic E-state index is 5.29. The van der Waals surface area contributed by atoms with Crippen LogP contribution in [0.25, 0.3) is 0 Å². The highest BCUT2D eigenvalue weighted by Crippen LogP contribution is 2.26. The predicted molar refractivity (Wildman–Crippen MR) is 78.4 cm³/mol. The van der Waals surface area contributed by atoms with Crippen molar-refractivity contribution < 1.29 is 4.74 Å². The van der Waals surface area contributed by atoms with Crippen molar-refractivity contribution >= 4 is 0 Å². The molecule has 1 N–H and O–H groups in total. The molecule has 106 valence electrons. The van der Waals surface area contributed by atoms with Crippen LogP contribution >= 0.6 is 0 Å². The fourth-order valence-electron chi connectivity index (χ4n) is 2.98. The summed E-state index contributed by atoms with van der Waals surface area (Å²) < 4.78 is 5.29. The van der Waals surface area contributed by atoms with Gasteiger partial charge < -0.3 is 10.1 Å². The third-order valence-corrected chi connectivity index (χ3v) is 4.18. The van der Waals surface area contributed by atoms with Gasteiger partial charge in [-0.1, -0.05) is 19.3 Å². The standard InChI is InChI=1S/C16H26N2O/c1-12-9-16(19-3)10-15(18-12)11-17-13(2)14-7-5-4-6-8-14/h9-10,13-14,17H,4-8,11H2,1-3H3/t13-/m1/s1. The van der Waals surface area contributed by atoms with Gasteiger partial charge in [-0.2, -0.15) is 0 Å². The van der Waals surface area contributed by atoms with E-state index in [1.54, 1.807) is 7.11 Å². The molecular weight excluding hydrogens is 236 g/mol. The first-order valence-electron chi connectivity index (χ1n) is 7.44. The lowest BCUT2D eigenvalue weighted by molar-refractivity contribution is 0.280. The number of methoxy groups -OCH3 is 1. The Hall–Kier alpha value is -1.09. The summed E-state index contributed by atoms with van der Waals surface area (Å²) in [6, 6.07) is 4.57. The average Bonchev–Trinajstić information content (AvgIpc) is 2.45. The van der Waals surface area contributed by atoms with E-state index in [1.807, 2.05) is 19.1 Å². The second-order valence-electron chi connectivity index (χ2n) is 5.71. The van der Waals surface area contributed by atoms with E-state index >= 15 is 0 Å². The molecule has 3 heteroatoms. The number of hydrogen-bond donors (Lipinski definition) is 1. The van der Waals surface area contributed by atoms with Gasteiger partial charge in [0.25, 0.3) is 0 Å². The molecule has 0 amide bonds. The highest BCUT2D eigenvalue weighted by atomic mass is 16.5. The second-order valence-corrected chi connectivity index (χ2v) is 5.71. The highest BCUT2D eigenvalue weighted by molar-refractivity contribution is 5.26. The van der Waals surface area contributed by atoms with E-state index in [9.17, 15) is 0 Å². The number of hydrogen-bond acceptors (Lipinski definition) is 3. The molecule has 2 rings (SSSR count). The summed E-state index contributed by atoms with van der Waals surface area (Å²) in [5.74, 6) is 1.73. The van der Waals surface area contributed by atoms with Gasteiger partial charge in [0.15, 0.2) is 0 Å². The van der Waals surface area contributed by atoms with Crippen LogP contribution in [0.5, 0.6) is 5.75 Å². The van der Waals surface area contributed by atoms with Crippen LogP contribution in [-0.2, 0) is 6.54 Å². The van der Waals surface area contributed by atoms with Gasteiger partial charge in [-0.15, -0.1) is 0 Å². The molecule has 19 heavy (non-hydrogen) atoms. The molecule has 1 aliphatic rings. The number of ether oxygens (including phenoxy) is 1. The normalized spacial score (nSPS) is 18.3. The molecule has 0 aliphatic heterocycles. The van der Waals surface area contributed by atoms with Gasteiger partial charge in [-0.25, -0.2) is 0 Å². The molecule has 0 bridgehead atoms. The fraction of sp³-hybridized carbons (Fsp3) is 0.688. The Morgan fingerprint density at radius 2 is 2.05 bits per heavy atom. The van der Waals surface area contributed by atoms with Gasteiger partial charge in [-0.05, 0) is 32.6 Å². The van der Waals surface area contributed by atoms with E-state index in [2.05, 4.69) is 17.2 Å². The molecule has 0 aromatic carbocycles. The summed E-state index contributed by atoms with van der Waals surface area (Å²) in [6.45, 7) is 5.15. The Morgan fingerprint density at radius 3 is 2.74 bits per heavy atom. The van der Waals surface area contributed by atoms with Crippen molar-refractivity contribution in [2.24, 2.45) is 5.92 Å². The van der Waals surface area contributed by atoms with Gasteiger partial charge in [0, 0.05) is 30.4 Å². The Balaban J connectivity index is 1.88. The number of pyridine rings is 1. The van der Waals surface area contributed by atoms with Crippen LogP contribution in [-0.4, -0.2) is 18.1 Å². The molecule has 1 saturated carbocycles. The first-order chi connectivity index (χ1) is 9.19. The van der Waals surface area contributed by atoms with E-state index in [-0.39, 0.29) is 0 Å². The quantitative estimate of drug-likeness (QED) is 0.882. The van der Waals surface area contributed by atoms with Crippen LogP contribution in [0, 0.1) is 12.8 Å². The van der Waals surface area contributed by atoms with Gasteiger partial charge in [0.05, 0.1) is 12.8 Å². The molecule has 1 fully saturated rings. The molecule has 0 saturated heterocycles. The number of rotatable bonds is 5. The third kappa shape index (κ3) is 4.20. The van der Waals surface area contributed by atoms with Crippen LogP contribution in [0.1, 0.15) is 50.4 Å². The van der Waals surface area contributed by atoms with Crippen molar-refractivity contribution in [3.8, 4) is 5.75 Å². The van der Waals surface area contributed by atoms with Crippen LogP contribution in [0.15, 0.2) is 12.1 Å². The monoisotopic (exact) mass is 262 g/mol. The summed E-state index contributed by atoms with van der Waals surface area (Å²) in [5.41, 5.74) is 2.08. The molecular formula is C16H26N2O. The van der Waals surface area contributed by atoms with Crippen molar-refractivity contribution in [1.29, 1.82) is 0 Å². The summed E-state index contributed by atoms with van der Waals surface area (Å²) in [4.78, 5) is 4.56. The summed E-state index contributed by atoms with van der Waals surface area (Å²) in [6.07, 6.45) is 6.96. The van der Waals surface area contributed by atoms with E-state index in [1.165, 1.54) is 32.1 Å². The molecule has 1 aromatic rings. The largest absolute Gasteiger partial charge is 0.497 e. The summed E-state index contributed by atoms with van der Waals surface area (Å²) in [7, 11) is 1.70. The lowest BCUT2D eigenvalue weighted by Crippen LogP contribution is -2.34. The molecule has 0 radical (unpaired) electrons. The Morgan fingerprint density at radius 1 is 1.32 bits per heavy atom. The Kier molecular flexibility index (Phi) is 5.20. The average molecular weight is 262 g/mol. The van der Waals surface area contributed by atoms with E-state index < -0.39 is 0 Å². The van der Waals surface area contributed by atoms with Gasteiger partial charge >= 0.3 is 0 Å². The first kappa shape index (κ1) is 14.3. The Labute approximate surface area is 116 Å². The fourth-order valence-corrected chi connectivity index (χ4v) is 2.98. The first-order valence-corrected chi connectivity index (χ1v) is 7.44. The van der Waals surface area contributed by atoms with Crippen LogP contribution in [0.2, 0.25) is 0 Å². The van der Waals surface area contributed by atoms with Crippen molar-refractivity contribution in [2.45, 2.75) is 58.5 Å². The topological polar surface area (TPSA) is 34.1 Å². The van der Waals surface area contributed by atoms with E-state index in [0.717, 1.165) is 29.6 Å². The van der Waals surface area contributed by atoms with Crippen molar-refractivity contribution in [2.75, 3.05) is 7.11 Å². The van der Waals surface area contributed by atoms with E-state index in [4.69, 9.17) is 4.74 Å². The van der Waals surface area contributed by atoms with Crippen LogP contribution in [0.4, 0.5) is 0 Å². The zero-order valence-electron chi connectivity index (χ0n) is 12.4. The number of nitrogens with zero attached hydrogens (tertiary/aromatic N) is 1. The van der Waals surface area contributed by atoms with Gasteiger partial charge in [0.2, 0.25) is 0 Å². The van der Waals surface area contributed by atoms with Crippen molar-refractivity contribution in [3.05, 3.63) is 23.5 Å². The predicted octanol–water partition coefficient (Wildman–Crippen LogP) is 3.46. The number of nitrogens with one attached hydrogen (secondary N) is 1. The highest BCUT2D eigenvalue weighted by Gasteiger charge is 2.19. The molecule has 3 nitrogen and oxygen atoms in total. The molecule has 0 unspecified atom stereocenters. The minimum Gasteiger partial charge on any atom is -0.497 e.